The second-order valence-corrected chi connectivity index (χ2v) is 4.09. The van der Waals surface area contributed by atoms with Crippen molar-refractivity contribution in [1.82, 2.24) is 5.32 Å². The van der Waals surface area contributed by atoms with Crippen molar-refractivity contribution in [3.63, 3.8) is 0 Å². The molecule has 1 atom stereocenters. The third kappa shape index (κ3) is 3.97. The minimum absolute atomic E-state index is 0.0239. The van der Waals surface area contributed by atoms with Gasteiger partial charge in [0.1, 0.15) is 5.75 Å². The minimum atomic E-state index is -0.647. The molecule has 1 unspecified atom stereocenters. The number of hydrogen-bond acceptors (Lipinski definition) is 4. The normalized spacial score (nSPS) is 13.2. The van der Waals surface area contributed by atoms with Gasteiger partial charge in [-0.15, -0.1) is 0 Å². The van der Waals surface area contributed by atoms with Gasteiger partial charge in [0.05, 0.1) is 6.04 Å². The number of amides is 1. The van der Waals surface area contributed by atoms with Crippen LogP contribution in [0.15, 0.2) is 35.5 Å². The molecule has 1 rings (SSSR count). The first-order valence-electron chi connectivity index (χ1n) is 5.55. The van der Waals surface area contributed by atoms with Crippen molar-refractivity contribution >= 4 is 11.9 Å². The summed E-state index contributed by atoms with van der Waals surface area (Å²) in [5.74, 6) is 0.344. The van der Waals surface area contributed by atoms with E-state index in [4.69, 9.17) is 15.7 Å². The van der Waals surface area contributed by atoms with E-state index in [1.165, 1.54) is 0 Å². The Labute approximate surface area is 105 Å². The minimum Gasteiger partial charge on any atom is -0.410 e. The summed E-state index contributed by atoms with van der Waals surface area (Å²) in [5.41, 5.74) is 5.49. The van der Waals surface area contributed by atoms with Crippen LogP contribution < -0.4 is 15.8 Å². The van der Waals surface area contributed by atoms with Crippen LogP contribution in [-0.2, 0) is 0 Å². The number of benzene rings is 1. The molecule has 0 aliphatic heterocycles. The molecule has 0 saturated carbocycles. The number of oxime groups is 1. The lowest BCUT2D eigenvalue weighted by Crippen LogP contribution is -2.48. The number of ether oxygens (including phenoxy) is 1. The smallest absolute Gasteiger partial charge is 0.410 e. The lowest BCUT2D eigenvalue weighted by Gasteiger charge is -2.20. The first kappa shape index (κ1) is 13.8. The van der Waals surface area contributed by atoms with Gasteiger partial charge in [0.2, 0.25) is 0 Å². The quantitative estimate of drug-likeness (QED) is 0.327. The maximum Gasteiger partial charge on any atom is 0.413 e. The van der Waals surface area contributed by atoms with E-state index in [-0.39, 0.29) is 11.8 Å². The zero-order valence-electron chi connectivity index (χ0n) is 10.3. The number of nitrogens with zero attached hydrogens (tertiary/aromatic N) is 1. The number of rotatable bonds is 4. The van der Waals surface area contributed by atoms with Gasteiger partial charge in [0.15, 0.2) is 5.84 Å². The van der Waals surface area contributed by atoms with E-state index < -0.39 is 12.1 Å². The highest BCUT2D eigenvalue weighted by atomic mass is 16.6. The van der Waals surface area contributed by atoms with E-state index in [1.54, 1.807) is 24.3 Å². The number of nitrogens with one attached hydrogen (secondary N) is 1. The maximum absolute atomic E-state index is 11.6. The average Bonchev–Trinajstić information content (AvgIpc) is 2.36. The summed E-state index contributed by atoms with van der Waals surface area (Å²) in [6, 6.07) is 8.07. The average molecular weight is 251 g/mol. The van der Waals surface area contributed by atoms with Gasteiger partial charge in [-0.25, -0.2) is 4.79 Å². The zero-order chi connectivity index (χ0) is 13.5. The Morgan fingerprint density at radius 1 is 1.39 bits per heavy atom. The molecule has 0 spiro atoms. The molecule has 18 heavy (non-hydrogen) atoms. The van der Waals surface area contributed by atoms with Crippen LogP contribution in [0.25, 0.3) is 0 Å². The molecule has 98 valence electrons. The monoisotopic (exact) mass is 251 g/mol. The molecular formula is C12H17N3O3. The fourth-order valence-electron chi connectivity index (χ4n) is 1.40. The summed E-state index contributed by atoms with van der Waals surface area (Å²) < 4.78 is 5.05. The second kappa shape index (κ2) is 6.48. The number of amidine groups is 1. The molecular weight excluding hydrogens is 234 g/mol. The molecule has 4 N–H and O–H groups in total. The predicted octanol–water partition coefficient (Wildman–Crippen LogP) is 1.55. The molecule has 1 amide bonds. The summed E-state index contributed by atoms with van der Waals surface area (Å²) in [6.07, 6.45) is -0.647. The second-order valence-electron chi connectivity index (χ2n) is 4.09. The van der Waals surface area contributed by atoms with Crippen molar-refractivity contribution in [2.45, 2.75) is 19.9 Å². The third-order valence-electron chi connectivity index (χ3n) is 2.33. The highest BCUT2D eigenvalue weighted by molar-refractivity contribution is 5.88. The molecule has 0 saturated heterocycles. The van der Waals surface area contributed by atoms with E-state index in [0.29, 0.717) is 5.75 Å². The van der Waals surface area contributed by atoms with E-state index in [1.807, 2.05) is 19.9 Å². The van der Waals surface area contributed by atoms with E-state index in [2.05, 4.69) is 10.5 Å². The van der Waals surface area contributed by atoms with Crippen LogP contribution in [-0.4, -0.2) is 23.2 Å². The van der Waals surface area contributed by atoms with Gasteiger partial charge in [-0.3, -0.25) is 0 Å². The van der Waals surface area contributed by atoms with Crippen molar-refractivity contribution in [3.05, 3.63) is 30.3 Å². The Hall–Kier alpha value is -2.24. The summed E-state index contributed by atoms with van der Waals surface area (Å²) in [7, 11) is 0. The largest absolute Gasteiger partial charge is 0.413 e. The SMILES string of the molecule is CC(C)C(NC(=O)Oc1ccccc1)C(N)=NO. The van der Waals surface area contributed by atoms with Crippen molar-refractivity contribution in [3.8, 4) is 5.75 Å². The van der Waals surface area contributed by atoms with Gasteiger partial charge in [0, 0.05) is 0 Å². The molecule has 0 heterocycles. The first-order chi connectivity index (χ1) is 8.54. The van der Waals surface area contributed by atoms with Gasteiger partial charge in [-0.1, -0.05) is 37.2 Å². The number of carbonyl (C=O) groups excluding carboxylic acids is 1. The third-order valence-corrected chi connectivity index (χ3v) is 2.33. The van der Waals surface area contributed by atoms with E-state index >= 15 is 0 Å². The van der Waals surface area contributed by atoms with Crippen molar-refractivity contribution in [2.75, 3.05) is 0 Å². The van der Waals surface area contributed by atoms with E-state index in [9.17, 15) is 4.79 Å². The Bertz CT molecular complexity index is 418. The van der Waals surface area contributed by atoms with Gasteiger partial charge >= 0.3 is 6.09 Å². The summed E-state index contributed by atoms with van der Waals surface area (Å²) in [4.78, 5) is 11.6. The maximum atomic E-state index is 11.6. The Morgan fingerprint density at radius 2 is 2.00 bits per heavy atom. The summed E-state index contributed by atoms with van der Waals surface area (Å²) >= 11 is 0. The number of hydrogen-bond donors (Lipinski definition) is 3. The molecule has 6 nitrogen and oxygen atoms in total. The topological polar surface area (TPSA) is 96.9 Å². The van der Waals surface area contributed by atoms with Gasteiger partial charge < -0.3 is 21.0 Å². The predicted molar refractivity (Wildman–Crippen MR) is 67.6 cm³/mol. The van der Waals surface area contributed by atoms with Crippen LogP contribution in [0.5, 0.6) is 5.75 Å². The number of nitrogens with two attached hydrogens (primary N) is 1. The van der Waals surface area contributed by atoms with Crippen molar-refractivity contribution in [1.29, 1.82) is 0 Å². The zero-order valence-corrected chi connectivity index (χ0v) is 10.3. The molecule has 0 aliphatic carbocycles. The standard InChI is InChI=1S/C12H17N3O3/c1-8(2)10(11(13)15-17)14-12(16)18-9-6-4-3-5-7-9/h3-8,10,17H,1-2H3,(H2,13,15)(H,14,16). The van der Waals surface area contributed by atoms with Crippen molar-refractivity contribution < 1.29 is 14.7 Å². The number of carbonyl (C=O) groups is 1. The molecule has 6 heteroatoms. The van der Waals surface area contributed by atoms with Gasteiger partial charge in [0.25, 0.3) is 0 Å². The van der Waals surface area contributed by atoms with Crippen LogP contribution in [0, 0.1) is 5.92 Å². The Kier molecular flexibility index (Phi) is 4.98. The lowest BCUT2D eigenvalue weighted by atomic mass is 10.0. The number of para-hydroxylation sites is 1. The molecule has 0 radical (unpaired) electrons. The Morgan fingerprint density at radius 3 is 2.50 bits per heavy atom. The van der Waals surface area contributed by atoms with Crippen molar-refractivity contribution in [2.24, 2.45) is 16.8 Å². The Balaban J connectivity index is 2.63. The molecule has 0 aliphatic rings. The first-order valence-corrected chi connectivity index (χ1v) is 5.55. The molecule has 1 aromatic rings. The molecule has 0 bridgehead atoms. The van der Waals surface area contributed by atoms with Crippen LogP contribution in [0.4, 0.5) is 4.79 Å². The van der Waals surface area contributed by atoms with Crippen LogP contribution in [0.1, 0.15) is 13.8 Å². The highest BCUT2D eigenvalue weighted by Crippen LogP contribution is 2.09. The fraction of sp³-hybridized carbons (Fsp3) is 0.333. The lowest BCUT2D eigenvalue weighted by molar-refractivity contribution is 0.196. The molecule has 1 aromatic carbocycles. The summed E-state index contributed by atoms with van der Waals surface area (Å²) in [5, 5.41) is 14.1. The van der Waals surface area contributed by atoms with Crippen LogP contribution in [0.3, 0.4) is 0 Å². The fourth-order valence-corrected chi connectivity index (χ4v) is 1.40. The van der Waals surface area contributed by atoms with Gasteiger partial charge in [-0.05, 0) is 18.1 Å². The van der Waals surface area contributed by atoms with Crippen LogP contribution in [0.2, 0.25) is 0 Å². The van der Waals surface area contributed by atoms with E-state index in [0.717, 1.165) is 0 Å². The summed E-state index contributed by atoms with van der Waals surface area (Å²) in [6.45, 7) is 3.68. The molecule has 0 fully saturated rings. The van der Waals surface area contributed by atoms with Gasteiger partial charge in [-0.2, -0.15) is 0 Å². The molecule has 0 aromatic heterocycles. The van der Waals surface area contributed by atoms with Crippen LogP contribution >= 0.6 is 0 Å². The highest BCUT2D eigenvalue weighted by Gasteiger charge is 2.21.